The van der Waals surface area contributed by atoms with Gasteiger partial charge in [0.05, 0.1) is 13.2 Å². The Hall–Kier alpha value is -1.78. The fourth-order valence-corrected chi connectivity index (χ4v) is 4.03. The van der Waals surface area contributed by atoms with E-state index < -0.39 is 0 Å². The first-order valence-corrected chi connectivity index (χ1v) is 10.7. The maximum atomic E-state index is 13.0. The van der Waals surface area contributed by atoms with E-state index >= 15 is 0 Å². The average molecular weight is 419 g/mol. The molecule has 0 saturated carbocycles. The summed E-state index contributed by atoms with van der Waals surface area (Å²) in [5.41, 5.74) is 2.48. The fraction of sp³-hybridized carbons (Fsp3) is 0.542. The lowest BCUT2D eigenvalue weighted by atomic mass is 9.84. The number of halogens is 1. The van der Waals surface area contributed by atoms with Gasteiger partial charge in [0.25, 0.3) is 0 Å². The van der Waals surface area contributed by atoms with Gasteiger partial charge in [0.1, 0.15) is 0 Å². The molecular weight excluding hydrogens is 384 g/mol. The standard InChI is InChI=1S/C24H35ClN2O2/c1-19(16-24(2,3)4)14-23(28)27(12-13-29-5)18-22-10-7-11-26(22)17-20-8-6-9-21(25)15-20/h6-11,15,19H,12-14,16-18H2,1-5H3. The molecule has 4 nitrogen and oxygen atoms in total. The van der Waals surface area contributed by atoms with E-state index in [4.69, 9.17) is 16.3 Å². The normalized spacial score (nSPS) is 12.8. The molecule has 1 aromatic carbocycles. The summed E-state index contributed by atoms with van der Waals surface area (Å²) >= 11 is 6.13. The Kier molecular flexibility index (Phi) is 8.79. The number of carbonyl (C=O) groups excluding carboxylic acids is 1. The van der Waals surface area contributed by atoms with Crippen molar-refractivity contribution in [3.8, 4) is 0 Å². The summed E-state index contributed by atoms with van der Waals surface area (Å²) in [6, 6.07) is 12.0. The van der Waals surface area contributed by atoms with Gasteiger partial charge in [-0.15, -0.1) is 0 Å². The zero-order chi connectivity index (χ0) is 21.4. The number of hydrogen-bond donors (Lipinski definition) is 0. The molecule has 29 heavy (non-hydrogen) atoms. The SMILES string of the molecule is COCCN(Cc1cccn1Cc1cccc(Cl)c1)C(=O)CC(C)CC(C)(C)C. The van der Waals surface area contributed by atoms with Crippen molar-refractivity contribution in [3.63, 3.8) is 0 Å². The Morgan fingerprint density at radius 1 is 1.24 bits per heavy atom. The number of nitrogens with zero attached hydrogens (tertiary/aromatic N) is 2. The summed E-state index contributed by atoms with van der Waals surface area (Å²) in [4.78, 5) is 15.0. The number of rotatable bonds is 10. The molecule has 0 aliphatic carbocycles. The molecule has 0 aliphatic rings. The van der Waals surface area contributed by atoms with Gasteiger partial charge < -0.3 is 14.2 Å². The minimum absolute atomic E-state index is 0.189. The highest BCUT2D eigenvalue weighted by molar-refractivity contribution is 6.30. The fourth-order valence-electron chi connectivity index (χ4n) is 3.81. The maximum Gasteiger partial charge on any atom is 0.223 e. The van der Waals surface area contributed by atoms with E-state index in [0.29, 0.717) is 32.0 Å². The van der Waals surface area contributed by atoms with E-state index in [1.165, 1.54) is 0 Å². The molecule has 0 aliphatic heterocycles. The molecule has 5 heteroatoms. The number of aromatic nitrogens is 1. The molecule has 0 saturated heterocycles. The molecule has 1 unspecified atom stereocenters. The number of hydrogen-bond acceptors (Lipinski definition) is 2. The molecule has 0 radical (unpaired) electrons. The maximum absolute atomic E-state index is 13.0. The van der Waals surface area contributed by atoms with Gasteiger partial charge >= 0.3 is 0 Å². The molecule has 1 heterocycles. The van der Waals surface area contributed by atoms with Crippen molar-refractivity contribution in [3.05, 3.63) is 58.9 Å². The van der Waals surface area contributed by atoms with Gasteiger partial charge in [-0.3, -0.25) is 4.79 Å². The van der Waals surface area contributed by atoms with Gasteiger partial charge in [-0.2, -0.15) is 0 Å². The summed E-state index contributed by atoms with van der Waals surface area (Å²) < 4.78 is 7.43. The van der Waals surface area contributed by atoms with Crippen molar-refractivity contribution in [1.82, 2.24) is 9.47 Å². The molecule has 0 bridgehead atoms. The highest BCUT2D eigenvalue weighted by atomic mass is 35.5. The Balaban J connectivity index is 2.08. The van der Waals surface area contributed by atoms with Crippen molar-refractivity contribution in [1.29, 1.82) is 0 Å². The highest BCUT2D eigenvalue weighted by Crippen LogP contribution is 2.26. The predicted octanol–water partition coefficient (Wildman–Crippen LogP) is 5.63. The topological polar surface area (TPSA) is 34.5 Å². The number of carbonyl (C=O) groups is 1. The smallest absolute Gasteiger partial charge is 0.223 e. The molecule has 0 fully saturated rings. The monoisotopic (exact) mass is 418 g/mol. The lowest BCUT2D eigenvalue weighted by Gasteiger charge is -2.27. The molecular formula is C24H35ClN2O2. The summed E-state index contributed by atoms with van der Waals surface area (Å²) in [5.74, 6) is 0.542. The van der Waals surface area contributed by atoms with Gasteiger partial charge in [0.15, 0.2) is 0 Å². The molecule has 2 aromatic rings. The van der Waals surface area contributed by atoms with E-state index in [-0.39, 0.29) is 11.3 Å². The van der Waals surface area contributed by atoms with E-state index in [1.54, 1.807) is 7.11 Å². The first-order chi connectivity index (χ1) is 13.7. The zero-order valence-electron chi connectivity index (χ0n) is 18.5. The third-order valence-corrected chi connectivity index (χ3v) is 5.16. The van der Waals surface area contributed by atoms with E-state index in [1.807, 2.05) is 29.2 Å². The van der Waals surface area contributed by atoms with Crippen LogP contribution in [0.3, 0.4) is 0 Å². The van der Waals surface area contributed by atoms with E-state index in [9.17, 15) is 4.79 Å². The lowest BCUT2D eigenvalue weighted by molar-refractivity contribution is -0.133. The molecule has 1 atom stereocenters. The summed E-state index contributed by atoms with van der Waals surface area (Å²) in [7, 11) is 1.67. The van der Waals surface area contributed by atoms with Crippen LogP contribution in [0.1, 0.15) is 51.8 Å². The summed E-state index contributed by atoms with van der Waals surface area (Å²) in [6.45, 7) is 11.3. The summed E-state index contributed by atoms with van der Waals surface area (Å²) in [5, 5.41) is 0.737. The second-order valence-electron chi connectivity index (χ2n) is 9.14. The van der Waals surface area contributed by atoms with Crippen molar-refractivity contribution < 1.29 is 9.53 Å². The third kappa shape index (κ3) is 8.23. The van der Waals surface area contributed by atoms with Crippen LogP contribution in [-0.2, 0) is 22.6 Å². The van der Waals surface area contributed by atoms with Crippen LogP contribution in [-0.4, -0.2) is 35.6 Å². The lowest BCUT2D eigenvalue weighted by Crippen LogP contribution is -2.35. The van der Waals surface area contributed by atoms with Crippen molar-refractivity contribution in [2.24, 2.45) is 11.3 Å². The molecule has 2 rings (SSSR count). The van der Waals surface area contributed by atoms with Crippen LogP contribution in [0.5, 0.6) is 0 Å². The number of ether oxygens (including phenoxy) is 1. The van der Waals surface area contributed by atoms with Crippen LogP contribution < -0.4 is 0 Å². The Morgan fingerprint density at radius 3 is 2.66 bits per heavy atom. The van der Waals surface area contributed by atoms with Crippen LogP contribution in [0, 0.1) is 11.3 Å². The second-order valence-corrected chi connectivity index (χ2v) is 9.58. The van der Waals surface area contributed by atoms with E-state index in [2.05, 4.69) is 50.6 Å². The van der Waals surface area contributed by atoms with Crippen molar-refractivity contribution in [2.45, 2.75) is 53.6 Å². The molecule has 0 spiro atoms. The highest BCUT2D eigenvalue weighted by Gasteiger charge is 2.22. The van der Waals surface area contributed by atoms with Gasteiger partial charge in [-0.25, -0.2) is 0 Å². The van der Waals surface area contributed by atoms with E-state index in [0.717, 1.165) is 29.2 Å². The van der Waals surface area contributed by atoms with Crippen LogP contribution >= 0.6 is 11.6 Å². The van der Waals surface area contributed by atoms with Gasteiger partial charge in [-0.05, 0) is 47.6 Å². The van der Waals surface area contributed by atoms with Gasteiger partial charge in [0.2, 0.25) is 5.91 Å². The largest absolute Gasteiger partial charge is 0.383 e. The Morgan fingerprint density at radius 2 is 2.00 bits per heavy atom. The predicted molar refractivity (Wildman–Crippen MR) is 120 cm³/mol. The van der Waals surface area contributed by atoms with Crippen LogP contribution in [0.15, 0.2) is 42.6 Å². The van der Waals surface area contributed by atoms with Crippen molar-refractivity contribution >= 4 is 17.5 Å². The molecule has 160 valence electrons. The van der Waals surface area contributed by atoms with Gasteiger partial charge in [0, 0.05) is 43.5 Å². The van der Waals surface area contributed by atoms with Crippen LogP contribution in [0.2, 0.25) is 5.02 Å². The van der Waals surface area contributed by atoms with Crippen LogP contribution in [0.4, 0.5) is 0 Å². The number of amides is 1. The quantitative estimate of drug-likeness (QED) is 0.501. The minimum Gasteiger partial charge on any atom is -0.383 e. The average Bonchev–Trinajstić information content (AvgIpc) is 3.03. The molecule has 1 amide bonds. The second kappa shape index (κ2) is 10.8. The molecule has 1 aromatic heterocycles. The van der Waals surface area contributed by atoms with Crippen molar-refractivity contribution in [2.75, 3.05) is 20.3 Å². The minimum atomic E-state index is 0.189. The first kappa shape index (κ1) is 23.5. The van der Waals surface area contributed by atoms with Crippen LogP contribution in [0.25, 0.3) is 0 Å². The first-order valence-electron chi connectivity index (χ1n) is 10.3. The number of benzene rings is 1. The molecule has 0 N–H and O–H groups in total. The van der Waals surface area contributed by atoms with Gasteiger partial charge in [-0.1, -0.05) is 51.4 Å². The Bertz CT molecular complexity index is 779. The third-order valence-electron chi connectivity index (χ3n) is 4.92. The number of methoxy groups -OCH3 is 1. The summed E-state index contributed by atoms with van der Waals surface area (Å²) in [6.07, 6.45) is 3.65. The zero-order valence-corrected chi connectivity index (χ0v) is 19.2. The Labute approximate surface area is 180 Å².